The van der Waals surface area contributed by atoms with E-state index in [1.165, 1.54) is 24.3 Å². The summed E-state index contributed by atoms with van der Waals surface area (Å²) in [5.41, 5.74) is 0.543. The normalized spacial score (nSPS) is 22.6. The molecule has 0 aliphatic carbocycles. The average Bonchev–Trinajstić information content (AvgIpc) is 2.39. The smallest absolute Gasteiger partial charge is 0.387 e. The van der Waals surface area contributed by atoms with Crippen molar-refractivity contribution in [3.63, 3.8) is 0 Å². The van der Waals surface area contributed by atoms with Gasteiger partial charge in [0.2, 0.25) is 5.91 Å². The number of hydrogen-bond donors (Lipinski definition) is 1. The molecule has 0 spiro atoms. The van der Waals surface area contributed by atoms with E-state index in [-0.39, 0.29) is 30.4 Å². The van der Waals surface area contributed by atoms with E-state index in [4.69, 9.17) is 4.74 Å². The SMILES string of the molecule is C[C@@H]1CN(CC(=O)Nc2ccc(OC(F)F)cc2)C[C@@H](C)O1. The summed E-state index contributed by atoms with van der Waals surface area (Å²) in [7, 11) is 0. The molecule has 122 valence electrons. The summed E-state index contributed by atoms with van der Waals surface area (Å²) in [5, 5.41) is 2.73. The van der Waals surface area contributed by atoms with Crippen molar-refractivity contribution in [2.45, 2.75) is 32.7 Å². The summed E-state index contributed by atoms with van der Waals surface area (Å²) in [6, 6.07) is 5.83. The van der Waals surface area contributed by atoms with Gasteiger partial charge in [-0.2, -0.15) is 8.78 Å². The van der Waals surface area contributed by atoms with Gasteiger partial charge in [0.15, 0.2) is 0 Å². The Morgan fingerprint density at radius 3 is 2.45 bits per heavy atom. The molecule has 5 nitrogen and oxygen atoms in total. The lowest BCUT2D eigenvalue weighted by Gasteiger charge is -2.34. The molecule has 1 aromatic carbocycles. The van der Waals surface area contributed by atoms with Gasteiger partial charge in [-0.1, -0.05) is 0 Å². The summed E-state index contributed by atoms with van der Waals surface area (Å²) in [6.45, 7) is 2.78. The van der Waals surface area contributed by atoms with Crippen LogP contribution in [-0.2, 0) is 9.53 Å². The van der Waals surface area contributed by atoms with Gasteiger partial charge in [-0.15, -0.1) is 0 Å². The van der Waals surface area contributed by atoms with Crippen molar-refractivity contribution in [3.05, 3.63) is 24.3 Å². The molecule has 2 atom stereocenters. The second-order valence-corrected chi connectivity index (χ2v) is 5.40. The number of nitrogens with zero attached hydrogens (tertiary/aromatic N) is 1. The number of alkyl halides is 2. The van der Waals surface area contributed by atoms with Crippen molar-refractivity contribution < 1.29 is 23.0 Å². The summed E-state index contributed by atoms with van der Waals surface area (Å²) in [6.07, 6.45) is 0.199. The Morgan fingerprint density at radius 1 is 1.32 bits per heavy atom. The maximum absolute atomic E-state index is 12.0. The van der Waals surface area contributed by atoms with Gasteiger partial charge in [0.1, 0.15) is 5.75 Å². The Morgan fingerprint density at radius 2 is 1.91 bits per heavy atom. The topological polar surface area (TPSA) is 50.8 Å². The first-order chi connectivity index (χ1) is 10.4. The first-order valence-corrected chi connectivity index (χ1v) is 7.15. The van der Waals surface area contributed by atoms with Gasteiger partial charge < -0.3 is 14.8 Å². The van der Waals surface area contributed by atoms with Crippen molar-refractivity contribution in [2.24, 2.45) is 0 Å². The van der Waals surface area contributed by atoms with Gasteiger partial charge in [-0.3, -0.25) is 9.69 Å². The van der Waals surface area contributed by atoms with Gasteiger partial charge in [0.25, 0.3) is 0 Å². The Bertz CT molecular complexity index is 486. The van der Waals surface area contributed by atoms with E-state index >= 15 is 0 Å². The predicted octanol–water partition coefficient (Wildman–Crippen LogP) is 2.34. The molecule has 2 rings (SSSR count). The number of ether oxygens (including phenoxy) is 2. The third kappa shape index (κ3) is 5.23. The monoisotopic (exact) mass is 314 g/mol. The molecule has 7 heteroatoms. The molecule has 1 aromatic rings. The van der Waals surface area contributed by atoms with E-state index in [0.717, 1.165) is 0 Å². The highest BCUT2D eigenvalue weighted by Gasteiger charge is 2.23. The zero-order valence-electron chi connectivity index (χ0n) is 12.6. The van der Waals surface area contributed by atoms with Crippen LogP contribution in [0.2, 0.25) is 0 Å². The van der Waals surface area contributed by atoms with Crippen molar-refractivity contribution in [1.29, 1.82) is 0 Å². The van der Waals surface area contributed by atoms with E-state index in [1.54, 1.807) is 0 Å². The van der Waals surface area contributed by atoms with Gasteiger partial charge in [0.05, 0.1) is 18.8 Å². The van der Waals surface area contributed by atoms with E-state index in [0.29, 0.717) is 18.8 Å². The minimum atomic E-state index is -2.86. The largest absolute Gasteiger partial charge is 0.435 e. The lowest BCUT2D eigenvalue weighted by Crippen LogP contribution is -2.48. The quantitative estimate of drug-likeness (QED) is 0.906. The van der Waals surface area contributed by atoms with Crippen LogP contribution in [0.4, 0.5) is 14.5 Å². The molecule has 0 radical (unpaired) electrons. The van der Waals surface area contributed by atoms with Gasteiger partial charge >= 0.3 is 6.61 Å². The summed E-state index contributed by atoms with van der Waals surface area (Å²) >= 11 is 0. The van der Waals surface area contributed by atoms with Gasteiger partial charge in [-0.25, -0.2) is 0 Å². The second kappa shape index (κ2) is 7.51. The van der Waals surface area contributed by atoms with Crippen LogP contribution in [-0.4, -0.2) is 49.3 Å². The van der Waals surface area contributed by atoms with E-state index in [9.17, 15) is 13.6 Å². The second-order valence-electron chi connectivity index (χ2n) is 5.40. The van der Waals surface area contributed by atoms with Crippen molar-refractivity contribution >= 4 is 11.6 Å². The average molecular weight is 314 g/mol. The molecule has 22 heavy (non-hydrogen) atoms. The Labute approximate surface area is 128 Å². The molecule has 0 unspecified atom stereocenters. The van der Waals surface area contributed by atoms with Crippen LogP contribution < -0.4 is 10.1 Å². The van der Waals surface area contributed by atoms with E-state index in [1.807, 2.05) is 18.7 Å². The first kappa shape index (κ1) is 16.6. The van der Waals surface area contributed by atoms with Crippen LogP contribution in [0, 0.1) is 0 Å². The number of carbonyl (C=O) groups excluding carboxylic acids is 1. The number of rotatable bonds is 5. The number of anilines is 1. The van der Waals surface area contributed by atoms with E-state index in [2.05, 4.69) is 10.1 Å². The number of hydrogen-bond acceptors (Lipinski definition) is 4. The highest BCUT2D eigenvalue weighted by molar-refractivity contribution is 5.92. The molecule has 1 aliphatic rings. The Balaban J connectivity index is 1.84. The molecule has 1 heterocycles. The maximum Gasteiger partial charge on any atom is 0.387 e. The zero-order valence-corrected chi connectivity index (χ0v) is 12.6. The lowest BCUT2D eigenvalue weighted by atomic mass is 10.2. The fourth-order valence-corrected chi connectivity index (χ4v) is 2.54. The number of benzene rings is 1. The first-order valence-electron chi connectivity index (χ1n) is 7.15. The molecule has 1 saturated heterocycles. The van der Waals surface area contributed by atoms with Gasteiger partial charge in [0, 0.05) is 18.8 Å². The summed E-state index contributed by atoms with van der Waals surface area (Å²) in [5.74, 6) is -0.0901. The third-order valence-corrected chi connectivity index (χ3v) is 3.23. The molecular formula is C15H20F2N2O3. The summed E-state index contributed by atoms with van der Waals surface area (Å²) < 4.78 is 34.0. The van der Waals surface area contributed by atoms with E-state index < -0.39 is 6.61 Å². The minimum Gasteiger partial charge on any atom is -0.435 e. The molecule has 1 aliphatic heterocycles. The molecule has 1 fully saturated rings. The molecule has 0 bridgehead atoms. The molecule has 1 N–H and O–H groups in total. The molecule has 1 amide bonds. The van der Waals surface area contributed by atoms with Crippen molar-refractivity contribution in [3.8, 4) is 5.75 Å². The molecule has 0 aromatic heterocycles. The Kier molecular flexibility index (Phi) is 5.68. The minimum absolute atomic E-state index is 0.0591. The van der Waals surface area contributed by atoms with Crippen LogP contribution in [0.5, 0.6) is 5.75 Å². The lowest BCUT2D eigenvalue weighted by molar-refractivity contribution is -0.121. The van der Waals surface area contributed by atoms with Crippen LogP contribution >= 0.6 is 0 Å². The highest BCUT2D eigenvalue weighted by atomic mass is 19.3. The number of amides is 1. The Hall–Kier alpha value is -1.73. The van der Waals surface area contributed by atoms with Crippen molar-refractivity contribution in [1.82, 2.24) is 4.90 Å². The fourth-order valence-electron chi connectivity index (χ4n) is 2.54. The molecule has 0 saturated carbocycles. The predicted molar refractivity (Wildman–Crippen MR) is 78.2 cm³/mol. The number of nitrogens with one attached hydrogen (secondary N) is 1. The van der Waals surface area contributed by atoms with Gasteiger partial charge in [-0.05, 0) is 38.1 Å². The van der Waals surface area contributed by atoms with Crippen LogP contribution in [0.1, 0.15) is 13.8 Å². The van der Waals surface area contributed by atoms with Crippen molar-refractivity contribution in [2.75, 3.05) is 25.0 Å². The highest BCUT2D eigenvalue weighted by Crippen LogP contribution is 2.18. The standard InChI is InChI=1S/C15H20F2N2O3/c1-10-7-19(8-11(2)21-10)9-14(20)18-12-3-5-13(6-4-12)22-15(16)17/h3-6,10-11,15H,7-9H2,1-2H3,(H,18,20)/t10-,11-/m1/s1. The van der Waals surface area contributed by atoms with Crippen LogP contribution in [0.3, 0.4) is 0 Å². The third-order valence-electron chi connectivity index (χ3n) is 3.23. The molecular weight excluding hydrogens is 294 g/mol. The fraction of sp³-hybridized carbons (Fsp3) is 0.533. The number of carbonyl (C=O) groups is 1. The van der Waals surface area contributed by atoms with Crippen LogP contribution in [0.15, 0.2) is 24.3 Å². The van der Waals surface area contributed by atoms with Crippen LogP contribution in [0.25, 0.3) is 0 Å². The maximum atomic E-state index is 12.0. The number of halogens is 2. The number of morpholine rings is 1. The zero-order chi connectivity index (χ0) is 16.1. The summed E-state index contributed by atoms with van der Waals surface area (Å²) in [4.78, 5) is 14.0.